The van der Waals surface area contributed by atoms with Crippen LogP contribution in [-0.2, 0) is 6.54 Å². The highest BCUT2D eigenvalue weighted by Gasteiger charge is 2.08. The van der Waals surface area contributed by atoms with E-state index in [4.69, 9.17) is 5.73 Å². The van der Waals surface area contributed by atoms with Crippen LogP contribution in [0.5, 0.6) is 0 Å². The van der Waals surface area contributed by atoms with Gasteiger partial charge in [-0.1, -0.05) is 0 Å². The number of rotatable bonds is 2. The molecule has 0 aliphatic heterocycles. The highest BCUT2D eigenvalue weighted by molar-refractivity contribution is 5.32. The van der Waals surface area contributed by atoms with Crippen LogP contribution in [0.4, 0.5) is 8.78 Å². The van der Waals surface area contributed by atoms with Gasteiger partial charge in [-0.05, 0) is 24.6 Å². The normalized spacial score (nSPS) is 10.7. The molecule has 0 saturated carbocycles. The standard InChI is InChI=1S/C12H11F2N3O/c1-7-8(6-15)4-12(18)17(16-7)9-2-3-10(13)11(14)5-9/h2-5H,6,15H2,1H3. The summed E-state index contributed by atoms with van der Waals surface area (Å²) in [5, 5.41) is 4.02. The molecule has 94 valence electrons. The second kappa shape index (κ2) is 4.66. The number of aryl methyl sites for hydroxylation is 1. The predicted octanol–water partition coefficient (Wildman–Crippen LogP) is 1.28. The molecule has 0 amide bonds. The molecule has 1 heterocycles. The molecule has 18 heavy (non-hydrogen) atoms. The molecule has 0 unspecified atom stereocenters. The molecule has 2 N–H and O–H groups in total. The summed E-state index contributed by atoms with van der Waals surface area (Å²) in [4.78, 5) is 11.8. The van der Waals surface area contributed by atoms with Gasteiger partial charge in [0.15, 0.2) is 11.6 Å². The van der Waals surface area contributed by atoms with Gasteiger partial charge in [0.25, 0.3) is 5.56 Å². The van der Waals surface area contributed by atoms with E-state index >= 15 is 0 Å². The molecule has 2 rings (SSSR count). The molecule has 1 aromatic carbocycles. The zero-order valence-electron chi connectivity index (χ0n) is 9.65. The van der Waals surface area contributed by atoms with Gasteiger partial charge in [0.1, 0.15) is 0 Å². The molecule has 4 nitrogen and oxygen atoms in total. The Morgan fingerprint density at radius 3 is 2.61 bits per heavy atom. The Morgan fingerprint density at radius 2 is 2.00 bits per heavy atom. The van der Waals surface area contributed by atoms with Crippen molar-refractivity contribution in [3.63, 3.8) is 0 Å². The molecule has 0 aliphatic carbocycles. The molecular formula is C12H11F2N3O. The molecule has 0 fully saturated rings. The van der Waals surface area contributed by atoms with Crippen molar-refractivity contribution in [2.45, 2.75) is 13.5 Å². The molecule has 0 atom stereocenters. The van der Waals surface area contributed by atoms with E-state index in [0.29, 0.717) is 11.3 Å². The van der Waals surface area contributed by atoms with E-state index < -0.39 is 17.2 Å². The summed E-state index contributed by atoms with van der Waals surface area (Å²) in [6, 6.07) is 4.49. The van der Waals surface area contributed by atoms with Crippen molar-refractivity contribution in [1.82, 2.24) is 9.78 Å². The SMILES string of the molecule is Cc1nn(-c2ccc(F)c(F)c2)c(=O)cc1CN. The van der Waals surface area contributed by atoms with E-state index in [0.717, 1.165) is 16.8 Å². The van der Waals surface area contributed by atoms with E-state index in [1.165, 1.54) is 12.1 Å². The van der Waals surface area contributed by atoms with Crippen LogP contribution in [-0.4, -0.2) is 9.78 Å². The lowest BCUT2D eigenvalue weighted by atomic mass is 10.2. The summed E-state index contributed by atoms with van der Waals surface area (Å²) in [7, 11) is 0. The number of nitrogens with zero attached hydrogens (tertiary/aromatic N) is 2. The van der Waals surface area contributed by atoms with Crippen LogP contribution < -0.4 is 11.3 Å². The Labute approximate surface area is 102 Å². The van der Waals surface area contributed by atoms with Crippen molar-refractivity contribution < 1.29 is 8.78 Å². The fourth-order valence-corrected chi connectivity index (χ4v) is 1.59. The van der Waals surface area contributed by atoms with Crippen LogP contribution in [0.2, 0.25) is 0 Å². The molecule has 0 aliphatic rings. The number of benzene rings is 1. The Hall–Kier alpha value is -2.08. The quantitative estimate of drug-likeness (QED) is 0.874. The lowest BCUT2D eigenvalue weighted by molar-refractivity contribution is 0.507. The van der Waals surface area contributed by atoms with Crippen molar-refractivity contribution in [2.24, 2.45) is 5.73 Å². The van der Waals surface area contributed by atoms with Crippen LogP contribution >= 0.6 is 0 Å². The zero-order chi connectivity index (χ0) is 13.3. The fraction of sp³-hybridized carbons (Fsp3) is 0.167. The van der Waals surface area contributed by atoms with Crippen LogP contribution in [0.25, 0.3) is 5.69 Å². The molecule has 0 radical (unpaired) electrons. The molecule has 1 aromatic heterocycles. The van der Waals surface area contributed by atoms with Gasteiger partial charge in [-0.15, -0.1) is 0 Å². The number of nitrogens with two attached hydrogens (primary N) is 1. The largest absolute Gasteiger partial charge is 0.326 e. The number of aromatic nitrogens is 2. The lowest BCUT2D eigenvalue weighted by Crippen LogP contribution is -2.23. The topological polar surface area (TPSA) is 60.9 Å². The number of halogens is 2. The van der Waals surface area contributed by atoms with Gasteiger partial charge in [-0.2, -0.15) is 9.78 Å². The minimum Gasteiger partial charge on any atom is -0.326 e. The first kappa shape index (κ1) is 12.4. The van der Waals surface area contributed by atoms with Gasteiger partial charge in [0.05, 0.1) is 11.4 Å². The molecule has 0 saturated heterocycles. The third-order valence-electron chi connectivity index (χ3n) is 2.59. The van der Waals surface area contributed by atoms with Crippen LogP contribution in [0.15, 0.2) is 29.1 Å². The van der Waals surface area contributed by atoms with E-state index in [9.17, 15) is 13.6 Å². The Kier molecular flexibility index (Phi) is 3.20. The van der Waals surface area contributed by atoms with E-state index in [2.05, 4.69) is 5.10 Å². The Morgan fingerprint density at radius 1 is 1.28 bits per heavy atom. The van der Waals surface area contributed by atoms with Crippen molar-refractivity contribution >= 4 is 0 Å². The average Bonchev–Trinajstić information content (AvgIpc) is 2.35. The summed E-state index contributed by atoms with van der Waals surface area (Å²) in [5.74, 6) is -2.00. The van der Waals surface area contributed by atoms with Crippen LogP contribution in [0.3, 0.4) is 0 Å². The fourth-order valence-electron chi connectivity index (χ4n) is 1.59. The smallest absolute Gasteiger partial charge is 0.271 e. The third-order valence-corrected chi connectivity index (χ3v) is 2.59. The highest BCUT2D eigenvalue weighted by Crippen LogP contribution is 2.11. The third kappa shape index (κ3) is 2.14. The minimum atomic E-state index is -1.03. The molecule has 0 spiro atoms. The average molecular weight is 251 g/mol. The number of hydrogen-bond acceptors (Lipinski definition) is 3. The second-order valence-corrected chi connectivity index (χ2v) is 3.81. The van der Waals surface area contributed by atoms with Crippen molar-refractivity contribution in [3.8, 4) is 5.69 Å². The van der Waals surface area contributed by atoms with Crippen molar-refractivity contribution in [3.05, 3.63) is 57.5 Å². The Bertz CT molecular complexity index is 652. The molecular weight excluding hydrogens is 240 g/mol. The van der Waals surface area contributed by atoms with Crippen LogP contribution in [0, 0.1) is 18.6 Å². The summed E-state index contributed by atoms with van der Waals surface area (Å²) >= 11 is 0. The van der Waals surface area contributed by atoms with E-state index in [-0.39, 0.29) is 12.2 Å². The maximum Gasteiger partial charge on any atom is 0.271 e. The van der Waals surface area contributed by atoms with Crippen molar-refractivity contribution in [1.29, 1.82) is 0 Å². The summed E-state index contributed by atoms with van der Waals surface area (Å²) < 4.78 is 26.9. The van der Waals surface area contributed by atoms with Gasteiger partial charge in [-0.3, -0.25) is 4.79 Å². The zero-order valence-corrected chi connectivity index (χ0v) is 9.65. The molecule has 0 bridgehead atoms. The van der Waals surface area contributed by atoms with Crippen molar-refractivity contribution in [2.75, 3.05) is 0 Å². The predicted molar refractivity (Wildman–Crippen MR) is 62.4 cm³/mol. The first-order chi connectivity index (χ1) is 8.52. The first-order valence-electron chi connectivity index (χ1n) is 5.28. The summed E-state index contributed by atoms with van der Waals surface area (Å²) in [6.07, 6.45) is 0. The van der Waals surface area contributed by atoms with E-state index in [1.54, 1.807) is 6.92 Å². The summed E-state index contributed by atoms with van der Waals surface area (Å²) in [6.45, 7) is 1.89. The van der Waals surface area contributed by atoms with Gasteiger partial charge in [-0.25, -0.2) is 8.78 Å². The molecule has 2 aromatic rings. The summed E-state index contributed by atoms with van der Waals surface area (Å²) in [5.41, 5.74) is 6.38. The van der Waals surface area contributed by atoms with Crippen LogP contribution in [0.1, 0.15) is 11.3 Å². The first-order valence-corrected chi connectivity index (χ1v) is 5.28. The lowest BCUT2D eigenvalue weighted by Gasteiger charge is -2.08. The van der Waals surface area contributed by atoms with Gasteiger partial charge < -0.3 is 5.73 Å². The second-order valence-electron chi connectivity index (χ2n) is 3.81. The monoisotopic (exact) mass is 251 g/mol. The maximum atomic E-state index is 13.1. The van der Waals surface area contributed by atoms with E-state index in [1.807, 2.05) is 0 Å². The number of hydrogen-bond donors (Lipinski definition) is 1. The minimum absolute atomic E-state index is 0.172. The highest BCUT2D eigenvalue weighted by atomic mass is 19.2. The Balaban J connectivity index is 2.61. The van der Waals surface area contributed by atoms with Gasteiger partial charge >= 0.3 is 0 Å². The molecule has 6 heteroatoms. The maximum absolute atomic E-state index is 13.1. The van der Waals surface area contributed by atoms with Gasteiger partial charge in [0, 0.05) is 18.7 Å². The van der Waals surface area contributed by atoms with Gasteiger partial charge in [0.2, 0.25) is 0 Å².